The Kier molecular flexibility index (Phi) is 6.91. The predicted octanol–water partition coefficient (Wildman–Crippen LogP) is 2.40. The molecule has 2 saturated heterocycles. The first-order chi connectivity index (χ1) is 11.1. The second kappa shape index (κ2) is 8.93. The molecule has 6 nitrogen and oxygen atoms in total. The van der Waals surface area contributed by atoms with Crippen molar-refractivity contribution in [3.05, 3.63) is 23.0 Å². The molecule has 0 spiro atoms. The van der Waals surface area contributed by atoms with Crippen LogP contribution < -0.4 is 10.6 Å². The molecule has 2 fully saturated rings. The normalized spacial score (nSPS) is 21.4. The molecule has 0 atom stereocenters. The summed E-state index contributed by atoms with van der Waals surface area (Å²) in [5.41, 5.74) is 0. The molecule has 8 heteroatoms. The van der Waals surface area contributed by atoms with E-state index in [2.05, 4.69) is 33.8 Å². The van der Waals surface area contributed by atoms with Gasteiger partial charge in [-0.25, -0.2) is 0 Å². The molecule has 124 valence electrons. The van der Waals surface area contributed by atoms with Gasteiger partial charge in [0.1, 0.15) is 0 Å². The van der Waals surface area contributed by atoms with Crippen molar-refractivity contribution in [2.24, 2.45) is 9.98 Å². The first-order valence-corrected chi connectivity index (χ1v) is 9.14. The number of nitrogens with zero attached hydrogens (tertiary/aromatic N) is 2. The Morgan fingerprint density at radius 3 is 1.48 bits per heavy atom. The van der Waals surface area contributed by atoms with Crippen LogP contribution in [0.4, 0.5) is 0 Å². The highest BCUT2D eigenvalue weighted by Crippen LogP contribution is 2.21. The summed E-state index contributed by atoms with van der Waals surface area (Å²) in [6, 6.07) is 0. The molecule has 2 amide bonds. The molecule has 0 aliphatic carbocycles. The Bertz CT molecular complexity index is 498. The third-order valence-electron chi connectivity index (χ3n) is 3.21. The van der Waals surface area contributed by atoms with Crippen molar-refractivity contribution in [3.63, 3.8) is 0 Å². The van der Waals surface area contributed by atoms with Gasteiger partial charge in [-0.05, 0) is 36.4 Å². The van der Waals surface area contributed by atoms with Gasteiger partial charge >= 0.3 is 0 Å². The molecule has 2 aliphatic heterocycles. The van der Waals surface area contributed by atoms with Crippen LogP contribution in [0.25, 0.3) is 0 Å². The van der Waals surface area contributed by atoms with Gasteiger partial charge in [-0.2, -0.15) is 0 Å². The van der Waals surface area contributed by atoms with Crippen molar-refractivity contribution >= 4 is 45.7 Å². The van der Waals surface area contributed by atoms with Crippen LogP contribution in [0, 0.1) is 0 Å². The van der Waals surface area contributed by atoms with E-state index >= 15 is 0 Å². The Hall–Kier alpha value is -1.54. The van der Waals surface area contributed by atoms with Gasteiger partial charge in [0.25, 0.3) is 11.8 Å². The standard InChI is InChI=1S/C15H20N4O2S2/c1-10-12(20)18-14(22-10)16-8-6-4-3-5-7-9-17-15-19-13(21)11(2)23-15/h1-9H2,(H,16,18,20)(H,17,19,21). The highest BCUT2D eigenvalue weighted by atomic mass is 32.2. The summed E-state index contributed by atoms with van der Waals surface area (Å²) in [4.78, 5) is 32.1. The van der Waals surface area contributed by atoms with Crippen LogP contribution in [-0.2, 0) is 9.59 Å². The molecule has 2 rings (SSSR count). The van der Waals surface area contributed by atoms with Crippen LogP contribution in [-0.4, -0.2) is 35.2 Å². The lowest BCUT2D eigenvalue weighted by Gasteiger charge is -2.00. The zero-order chi connectivity index (χ0) is 16.7. The van der Waals surface area contributed by atoms with Gasteiger partial charge in [0.05, 0.1) is 9.81 Å². The molecule has 23 heavy (non-hydrogen) atoms. The number of unbranched alkanes of at least 4 members (excludes halogenated alkanes) is 4. The zero-order valence-electron chi connectivity index (χ0n) is 12.9. The minimum Gasteiger partial charge on any atom is -0.301 e. The Balaban J connectivity index is 1.47. The van der Waals surface area contributed by atoms with Crippen molar-refractivity contribution < 1.29 is 9.59 Å². The number of carbonyl (C=O) groups is 2. The monoisotopic (exact) mass is 352 g/mol. The molecule has 2 heterocycles. The molecule has 0 saturated carbocycles. The van der Waals surface area contributed by atoms with Crippen LogP contribution in [0.5, 0.6) is 0 Å². The largest absolute Gasteiger partial charge is 0.301 e. The van der Waals surface area contributed by atoms with Crippen molar-refractivity contribution in [2.75, 3.05) is 13.1 Å². The predicted molar refractivity (Wildman–Crippen MR) is 97.4 cm³/mol. The summed E-state index contributed by atoms with van der Waals surface area (Å²) in [6.45, 7) is 8.73. The average molecular weight is 352 g/mol. The molecule has 0 radical (unpaired) electrons. The molecule has 0 unspecified atom stereocenters. The van der Waals surface area contributed by atoms with Crippen molar-refractivity contribution in [1.82, 2.24) is 10.6 Å². The number of thioether (sulfide) groups is 2. The van der Waals surface area contributed by atoms with Crippen molar-refractivity contribution in [1.29, 1.82) is 0 Å². The van der Waals surface area contributed by atoms with Crippen LogP contribution in [0.3, 0.4) is 0 Å². The quantitative estimate of drug-likeness (QED) is 0.519. The Morgan fingerprint density at radius 1 is 0.739 bits per heavy atom. The third kappa shape index (κ3) is 5.87. The van der Waals surface area contributed by atoms with E-state index < -0.39 is 0 Å². The summed E-state index contributed by atoms with van der Waals surface area (Å²) in [5, 5.41) is 6.68. The van der Waals surface area contributed by atoms with Crippen LogP contribution in [0.15, 0.2) is 33.0 Å². The smallest absolute Gasteiger partial charge is 0.263 e. The van der Waals surface area contributed by atoms with Crippen LogP contribution >= 0.6 is 23.5 Å². The lowest BCUT2D eigenvalue weighted by molar-refractivity contribution is -0.116. The van der Waals surface area contributed by atoms with E-state index in [-0.39, 0.29) is 11.8 Å². The second-order valence-electron chi connectivity index (χ2n) is 5.10. The van der Waals surface area contributed by atoms with Crippen LogP contribution in [0.1, 0.15) is 32.1 Å². The Morgan fingerprint density at radius 2 is 1.13 bits per heavy atom. The fraction of sp³-hybridized carbons (Fsp3) is 0.467. The molecule has 0 aromatic carbocycles. The lowest BCUT2D eigenvalue weighted by Crippen LogP contribution is -2.19. The number of hydrogen-bond acceptors (Lipinski definition) is 6. The minimum absolute atomic E-state index is 0.143. The summed E-state index contributed by atoms with van der Waals surface area (Å²) in [6.07, 6.45) is 5.36. The third-order valence-corrected chi connectivity index (χ3v) is 4.93. The number of nitrogens with one attached hydrogen (secondary N) is 2. The molecular formula is C15H20N4O2S2. The topological polar surface area (TPSA) is 82.9 Å². The fourth-order valence-electron chi connectivity index (χ4n) is 1.97. The SMILES string of the molecule is C=C1SC(=NCCCCCCCN=C2NC(=O)C(=C)S2)NC1=O. The highest BCUT2D eigenvalue weighted by molar-refractivity contribution is 8.18. The summed E-state index contributed by atoms with van der Waals surface area (Å²) >= 11 is 2.61. The fourth-order valence-corrected chi connectivity index (χ4v) is 3.32. The maximum absolute atomic E-state index is 11.2. The van der Waals surface area contributed by atoms with E-state index in [9.17, 15) is 9.59 Å². The molecule has 0 bridgehead atoms. The van der Waals surface area contributed by atoms with Gasteiger partial charge < -0.3 is 10.6 Å². The minimum atomic E-state index is -0.143. The number of rotatable bonds is 8. The highest BCUT2D eigenvalue weighted by Gasteiger charge is 2.21. The number of amidine groups is 2. The molecule has 2 aliphatic rings. The molecular weight excluding hydrogens is 332 g/mol. The van der Waals surface area contributed by atoms with Gasteiger partial charge in [0.15, 0.2) is 10.3 Å². The first-order valence-electron chi connectivity index (χ1n) is 7.51. The van der Waals surface area contributed by atoms with E-state index in [1.54, 1.807) is 0 Å². The van der Waals surface area contributed by atoms with Gasteiger partial charge in [-0.1, -0.05) is 32.4 Å². The molecule has 0 aromatic heterocycles. The van der Waals surface area contributed by atoms with Crippen molar-refractivity contribution in [3.8, 4) is 0 Å². The van der Waals surface area contributed by atoms with E-state index in [0.29, 0.717) is 20.1 Å². The zero-order valence-corrected chi connectivity index (χ0v) is 14.5. The van der Waals surface area contributed by atoms with E-state index in [0.717, 1.165) is 45.2 Å². The van der Waals surface area contributed by atoms with E-state index in [1.165, 1.54) is 23.5 Å². The maximum Gasteiger partial charge on any atom is 0.263 e. The van der Waals surface area contributed by atoms with E-state index in [4.69, 9.17) is 0 Å². The number of carbonyl (C=O) groups excluding carboxylic acids is 2. The summed E-state index contributed by atoms with van der Waals surface area (Å²) in [5.74, 6) is -0.286. The van der Waals surface area contributed by atoms with Gasteiger partial charge in [-0.3, -0.25) is 19.6 Å². The first kappa shape index (κ1) is 17.8. The van der Waals surface area contributed by atoms with Gasteiger partial charge in [-0.15, -0.1) is 0 Å². The number of hydrogen-bond donors (Lipinski definition) is 2. The van der Waals surface area contributed by atoms with Crippen LogP contribution in [0.2, 0.25) is 0 Å². The second-order valence-corrected chi connectivity index (χ2v) is 7.27. The molecule has 2 N–H and O–H groups in total. The van der Waals surface area contributed by atoms with Crippen molar-refractivity contribution in [2.45, 2.75) is 32.1 Å². The summed E-state index contributed by atoms with van der Waals surface area (Å²) in [7, 11) is 0. The van der Waals surface area contributed by atoms with E-state index in [1.807, 2.05) is 0 Å². The summed E-state index contributed by atoms with van der Waals surface area (Å²) < 4.78 is 0. The maximum atomic E-state index is 11.2. The number of aliphatic imine (C=N–C) groups is 2. The average Bonchev–Trinajstić information content (AvgIpc) is 2.99. The molecule has 0 aromatic rings. The Labute approximate surface area is 144 Å². The lowest BCUT2D eigenvalue weighted by atomic mass is 10.1. The number of amides is 2. The van der Waals surface area contributed by atoms with Gasteiger partial charge in [0.2, 0.25) is 0 Å². The van der Waals surface area contributed by atoms with Gasteiger partial charge in [0, 0.05) is 13.1 Å².